The van der Waals surface area contributed by atoms with Crippen molar-refractivity contribution in [1.82, 2.24) is 15.1 Å². The zero-order valence-electron chi connectivity index (χ0n) is 12.4. The van der Waals surface area contributed by atoms with Gasteiger partial charge in [-0.05, 0) is 37.3 Å². The summed E-state index contributed by atoms with van der Waals surface area (Å²) in [6.07, 6.45) is 0. The number of nitrogens with zero attached hydrogens (tertiary/aromatic N) is 4. The Hall–Kier alpha value is -2.14. The Balaban J connectivity index is 1.64. The van der Waals surface area contributed by atoms with E-state index in [1.165, 1.54) is 0 Å². The number of benzene rings is 1. The van der Waals surface area contributed by atoms with Gasteiger partial charge in [-0.25, -0.2) is 0 Å². The average Bonchev–Trinajstić information content (AvgIpc) is 2.55. The molecule has 1 amide bonds. The summed E-state index contributed by atoms with van der Waals surface area (Å²) in [5.74, 6) is 0.887. The van der Waals surface area contributed by atoms with Crippen molar-refractivity contribution in [3.8, 4) is 0 Å². The van der Waals surface area contributed by atoms with E-state index >= 15 is 0 Å². The van der Waals surface area contributed by atoms with Gasteiger partial charge in [0, 0.05) is 36.8 Å². The predicted octanol–water partition coefficient (Wildman–Crippen LogP) is 2.40. The monoisotopic (exact) mass is 316 g/mol. The van der Waals surface area contributed by atoms with Crippen LogP contribution < -0.4 is 4.90 Å². The van der Waals surface area contributed by atoms with Crippen LogP contribution in [0.3, 0.4) is 0 Å². The lowest BCUT2D eigenvalue weighted by atomic mass is 10.2. The van der Waals surface area contributed by atoms with Crippen LogP contribution in [-0.2, 0) is 0 Å². The topological polar surface area (TPSA) is 49.3 Å². The lowest BCUT2D eigenvalue weighted by Gasteiger charge is -2.35. The summed E-state index contributed by atoms with van der Waals surface area (Å²) in [6.45, 7) is 4.76. The first-order valence-corrected chi connectivity index (χ1v) is 7.61. The van der Waals surface area contributed by atoms with E-state index in [-0.39, 0.29) is 5.91 Å². The summed E-state index contributed by atoms with van der Waals surface area (Å²) in [7, 11) is 0. The molecule has 3 rings (SSSR count). The maximum Gasteiger partial charge on any atom is 0.254 e. The number of rotatable bonds is 2. The Morgan fingerprint density at radius 1 is 1.09 bits per heavy atom. The number of amides is 1. The van der Waals surface area contributed by atoms with Crippen LogP contribution in [0, 0.1) is 6.92 Å². The van der Waals surface area contributed by atoms with E-state index in [1.807, 2.05) is 24.0 Å². The minimum Gasteiger partial charge on any atom is -0.352 e. The molecule has 2 heterocycles. The van der Waals surface area contributed by atoms with E-state index in [0.717, 1.165) is 24.6 Å². The molecule has 0 spiro atoms. The van der Waals surface area contributed by atoms with Crippen LogP contribution in [0.2, 0.25) is 5.02 Å². The fourth-order valence-electron chi connectivity index (χ4n) is 2.50. The van der Waals surface area contributed by atoms with Crippen LogP contribution in [0.15, 0.2) is 36.4 Å². The predicted molar refractivity (Wildman–Crippen MR) is 86.3 cm³/mol. The summed E-state index contributed by atoms with van der Waals surface area (Å²) in [5.41, 5.74) is 1.54. The summed E-state index contributed by atoms with van der Waals surface area (Å²) in [4.78, 5) is 16.5. The molecular weight excluding hydrogens is 300 g/mol. The SMILES string of the molecule is Cc1ccc(N2CCN(C(=O)c3cccc(Cl)c3)CC2)nn1. The Bertz CT molecular complexity index is 666. The second-order valence-corrected chi connectivity index (χ2v) is 5.76. The van der Waals surface area contributed by atoms with E-state index < -0.39 is 0 Å². The zero-order valence-corrected chi connectivity index (χ0v) is 13.1. The molecular formula is C16H17ClN4O. The number of carbonyl (C=O) groups excluding carboxylic acids is 1. The van der Waals surface area contributed by atoms with Gasteiger partial charge in [-0.1, -0.05) is 17.7 Å². The quantitative estimate of drug-likeness (QED) is 0.853. The van der Waals surface area contributed by atoms with E-state index in [9.17, 15) is 4.79 Å². The smallest absolute Gasteiger partial charge is 0.254 e. The third kappa shape index (κ3) is 3.20. The molecule has 1 saturated heterocycles. The van der Waals surface area contributed by atoms with Gasteiger partial charge < -0.3 is 9.80 Å². The first-order valence-electron chi connectivity index (χ1n) is 7.23. The maximum atomic E-state index is 12.5. The van der Waals surface area contributed by atoms with Gasteiger partial charge in [0.1, 0.15) is 0 Å². The van der Waals surface area contributed by atoms with Gasteiger partial charge in [0.2, 0.25) is 0 Å². The van der Waals surface area contributed by atoms with Crippen molar-refractivity contribution >= 4 is 23.3 Å². The highest BCUT2D eigenvalue weighted by Gasteiger charge is 2.23. The number of piperazine rings is 1. The molecule has 0 unspecified atom stereocenters. The normalized spacial score (nSPS) is 15.0. The molecule has 22 heavy (non-hydrogen) atoms. The minimum atomic E-state index is 0.0251. The molecule has 0 radical (unpaired) electrons. The first kappa shape index (κ1) is 14.8. The number of hydrogen-bond donors (Lipinski definition) is 0. The Morgan fingerprint density at radius 2 is 1.86 bits per heavy atom. The van der Waals surface area contributed by atoms with Crippen molar-refractivity contribution in [2.24, 2.45) is 0 Å². The molecule has 0 atom stereocenters. The maximum absolute atomic E-state index is 12.5. The highest BCUT2D eigenvalue weighted by Crippen LogP contribution is 2.16. The number of anilines is 1. The van der Waals surface area contributed by atoms with Gasteiger partial charge in [-0.2, -0.15) is 5.10 Å². The fourth-order valence-corrected chi connectivity index (χ4v) is 2.69. The van der Waals surface area contributed by atoms with Crippen molar-refractivity contribution in [2.45, 2.75) is 6.92 Å². The van der Waals surface area contributed by atoms with Gasteiger partial charge >= 0.3 is 0 Å². The van der Waals surface area contributed by atoms with Crippen molar-refractivity contribution in [3.63, 3.8) is 0 Å². The molecule has 0 bridgehead atoms. The highest BCUT2D eigenvalue weighted by atomic mass is 35.5. The molecule has 5 nitrogen and oxygen atoms in total. The van der Waals surface area contributed by atoms with Crippen LogP contribution in [0.4, 0.5) is 5.82 Å². The summed E-state index contributed by atoms with van der Waals surface area (Å²) in [6, 6.07) is 11.0. The number of hydrogen-bond acceptors (Lipinski definition) is 4. The van der Waals surface area contributed by atoms with Crippen LogP contribution >= 0.6 is 11.6 Å². The number of halogens is 1. The van der Waals surface area contributed by atoms with E-state index in [4.69, 9.17) is 11.6 Å². The Kier molecular flexibility index (Phi) is 4.24. The third-order valence-electron chi connectivity index (χ3n) is 3.75. The van der Waals surface area contributed by atoms with Gasteiger partial charge in [0.25, 0.3) is 5.91 Å². The molecule has 1 fully saturated rings. The molecule has 1 aromatic carbocycles. The van der Waals surface area contributed by atoms with Gasteiger partial charge in [0.05, 0.1) is 5.69 Å². The summed E-state index contributed by atoms with van der Waals surface area (Å²) in [5, 5.41) is 8.86. The minimum absolute atomic E-state index is 0.0251. The number of aryl methyl sites for hydroxylation is 1. The molecule has 6 heteroatoms. The van der Waals surface area contributed by atoms with Crippen LogP contribution in [0.5, 0.6) is 0 Å². The molecule has 1 aliphatic heterocycles. The van der Waals surface area contributed by atoms with Crippen molar-refractivity contribution < 1.29 is 4.79 Å². The second kappa shape index (κ2) is 6.32. The van der Waals surface area contributed by atoms with Crippen molar-refractivity contribution in [1.29, 1.82) is 0 Å². The lowest BCUT2D eigenvalue weighted by molar-refractivity contribution is 0.0746. The van der Waals surface area contributed by atoms with Crippen LogP contribution in [0.1, 0.15) is 16.1 Å². The fraction of sp³-hybridized carbons (Fsp3) is 0.312. The summed E-state index contributed by atoms with van der Waals surface area (Å²) < 4.78 is 0. The van der Waals surface area contributed by atoms with E-state index in [2.05, 4.69) is 15.1 Å². The molecule has 0 saturated carbocycles. The molecule has 0 aliphatic carbocycles. The standard InChI is InChI=1S/C16H17ClN4O/c1-12-5-6-15(19-18-12)20-7-9-21(10-8-20)16(22)13-3-2-4-14(17)11-13/h2-6,11H,7-10H2,1H3. The zero-order chi connectivity index (χ0) is 15.5. The van der Waals surface area contributed by atoms with Crippen LogP contribution in [-0.4, -0.2) is 47.2 Å². The van der Waals surface area contributed by atoms with Gasteiger partial charge in [-0.3, -0.25) is 4.79 Å². The number of carbonyl (C=O) groups is 1. The molecule has 114 valence electrons. The lowest BCUT2D eigenvalue weighted by Crippen LogP contribution is -2.49. The van der Waals surface area contributed by atoms with E-state index in [1.54, 1.807) is 24.3 Å². The molecule has 0 N–H and O–H groups in total. The summed E-state index contributed by atoms with van der Waals surface area (Å²) >= 11 is 5.95. The van der Waals surface area contributed by atoms with Gasteiger partial charge in [-0.15, -0.1) is 5.10 Å². The van der Waals surface area contributed by atoms with Crippen LogP contribution in [0.25, 0.3) is 0 Å². The highest BCUT2D eigenvalue weighted by molar-refractivity contribution is 6.30. The number of aromatic nitrogens is 2. The van der Waals surface area contributed by atoms with Crippen molar-refractivity contribution in [2.75, 3.05) is 31.1 Å². The first-order chi connectivity index (χ1) is 10.6. The van der Waals surface area contributed by atoms with E-state index in [0.29, 0.717) is 23.7 Å². The molecule has 1 aromatic heterocycles. The van der Waals surface area contributed by atoms with Crippen molar-refractivity contribution in [3.05, 3.63) is 52.7 Å². The third-order valence-corrected chi connectivity index (χ3v) is 3.98. The van der Waals surface area contributed by atoms with Gasteiger partial charge in [0.15, 0.2) is 5.82 Å². The molecule has 1 aliphatic rings. The Morgan fingerprint density at radius 3 is 2.50 bits per heavy atom. The molecule has 2 aromatic rings. The largest absolute Gasteiger partial charge is 0.352 e. The second-order valence-electron chi connectivity index (χ2n) is 5.32. The Labute approximate surface area is 134 Å². The average molecular weight is 317 g/mol.